The van der Waals surface area contributed by atoms with Crippen LogP contribution in [0.1, 0.15) is 27.7 Å². The maximum absolute atomic E-state index is 13.5. The molecular weight excluding hydrogens is 436 g/mol. The van der Waals surface area contributed by atoms with E-state index < -0.39 is 0 Å². The van der Waals surface area contributed by atoms with Crippen molar-refractivity contribution < 1.29 is 28.5 Å². The summed E-state index contributed by atoms with van der Waals surface area (Å²) in [6, 6.07) is 14.3. The Kier molecular flexibility index (Phi) is 7.06. The summed E-state index contributed by atoms with van der Waals surface area (Å²) in [6.07, 6.45) is 2.24. The van der Waals surface area contributed by atoms with Crippen LogP contribution in [0.3, 0.4) is 0 Å². The van der Waals surface area contributed by atoms with Gasteiger partial charge in [0.25, 0.3) is 5.91 Å². The van der Waals surface area contributed by atoms with Crippen LogP contribution < -0.4 is 23.7 Å². The van der Waals surface area contributed by atoms with Gasteiger partial charge < -0.3 is 28.6 Å². The van der Waals surface area contributed by atoms with Crippen LogP contribution in [0.2, 0.25) is 0 Å². The van der Waals surface area contributed by atoms with Gasteiger partial charge in [-0.15, -0.1) is 0 Å². The molecule has 1 aliphatic heterocycles. The van der Waals surface area contributed by atoms with E-state index in [0.29, 0.717) is 41.7 Å². The van der Waals surface area contributed by atoms with Gasteiger partial charge in [0.1, 0.15) is 29.5 Å². The monoisotopic (exact) mass is 464 g/mol. The number of carbonyl (C=O) groups excluding carboxylic acids is 1. The van der Waals surface area contributed by atoms with Crippen LogP contribution in [-0.4, -0.2) is 57.4 Å². The lowest BCUT2D eigenvalue weighted by Gasteiger charge is -2.37. The molecular formula is C26H28N2O6. The molecule has 34 heavy (non-hydrogen) atoms. The summed E-state index contributed by atoms with van der Waals surface area (Å²) in [7, 11) is 6.39. The molecule has 1 unspecified atom stereocenters. The molecule has 1 atom stereocenters. The second-order valence-corrected chi connectivity index (χ2v) is 7.74. The highest BCUT2D eigenvalue weighted by Crippen LogP contribution is 2.39. The number of hydrogen-bond acceptors (Lipinski definition) is 7. The Morgan fingerprint density at radius 3 is 2.24 bits per heavy atom. The quantitative estimate of drug-likeness (QED) is 0.500. The first-order valence-electron chi connectivity index (χ1n) is 10.9. The Bertz CT molecular complexity index is 1150. The lowest BCUT2D eigenvalue weighted by Crippen LogP contribution is -2.43. The van der Waals surface area contributed by atoms with E-state index in [2.05, 4.69) is 4.98 Å². The van der Waals surface area contributed by atoms with Gasteiger partial charge in [0.15, 0.2) is 11.5 Å². The fraction of sp³-hybridized carbons (Fsp3) is 0.308. The predicted octanol–water partition coefficient (Wildman–Crippen LogP) is 3.93. The molecule has 4 rings (SSSR count). The Labute approximate surface area is 199 Å². The molecule has 1 amide bonds. The number of fused-ring (bicyclic) bond motifs is 1. The van der Waals surface area contributed by atoms with Crippen LogP contribution in [0.5, 0.6) is 28.7 Å². The Morgan fingerprint density at radius 2 is 1.56 bits per heavy atom. The van der Waals surface area contributed by atoms with Crippen molar-refractivity contribution in [2.75, 3.05) is 41.6 Å². The maximum atomic E-state index is 13.5. The zero-order valence-electron chi connectivity index (χ0n) is 19.7. The molecule has 2 aromatic carbocycles. The molecule has 0 N–H and O–H groups in total. The van der Waals surface area contributed by atoms with E-state index in [1.807, 2.05) is 36.4 Å². The van der Waals surface area contributed by atoms with Gasteiger partial charge in [-0.3, -0.25) is 9.78 Å². The number of carbonyl (C=O) groups is 1. The average molecular weight is 465 g/mol. The van der Waals surface area contributed by atoms with Gasteiger partial charge in [-0.2, -0.15) is 0 Å². The minimum atomic E-state index is -0.355. The van der Waals surface area contributed by atoms with Crippen molar-refractivity contribution in [2.45, 2.75) is 12.5 Å². The molecule has 0 saturated carbocycles. The molecule has 0 saturated heterocycles. The van der Waals surface area contributed by atoms with Gasteiger partial charge in [-0.1, -0.05) is 0 Å². The molecule has 8 heteroatoms. The van der Waals surface area contributed by atoms with Crippen molar-refractivity contribution >= 4 is 5.91 Å². The number of benzene rings is 2. The first-order chi connectivity index (χ1) is 16.6. The van der Waals surface area contributed by atoms with E-state index in [-0.39, 0.29) is 18.6 Å². The minimum Gasteiger partial charge on any atom is -0.497 e. The predicted molar refractivity (Wildman–Crippen MR) is 126 cm³/mol. The minimum absolute atomic E-state index is 0.192. The number of methoxy groups -OCH3 is 4. The van der Waals surface area contributed by atoms with E-state index in [9.17, 15) is 4.79 Å². The van der Waals surface area contributed by atoms with E-state index in [1.54, 1.807) is 51.7 Å². The van der Waals surface area contributed by atoms with Gasteiger partial charge in [0.05, 0.1) is 34.5 Å². The topological polar surface area (TPSA) is 79.4 Å². The Balaban J connectivity index is 1.69. The largest absolute Gasteiger partial charge is 0.497 e. The molecule has 178 valence electrons. The first kappa shape index (κ1) is 23.2. The highest BCUT2D eigenvalue weighted by molar-refractivity contribution is 5.93. The normalized spacial score (nSPS) is 14.7. The molecule has 8 nitrogen and oxygen atoms in total. The Hall–Kier alpha value is -3.94. The third kappa shape index (κ3) is 4.71. The second kappa shape index (κ2) is 10.3. The third-order valence-electron chi connectivity index (χ3n) is 5.92. The van der Waals surface area contributed by atoms with Crippen molar-refractivity contribution in [3.05, 3.63) is 71.5 Å². The van der Waals surface area contributed by atoms with Crippen molar-refractivity contribution in [1.29, 1.82) is 0 Å². The van der Waals surface area contributed by atoms with Crippen LogP contribution in [-0.2, 0) is 6.42 Å². The third-order valence-corrected chi connectivity index (χ3v) is 5.92. The van der Waals surface area contributed by atoms with Crippen molar-refractivity contribution in [3.8, 4) is 28.7 Å². The van der Waals surface area contributed by atoms with Gasteiger partial charge in [-0.05, 0) is 60.0 Å². The standard InChI is InChI=1S/C26H28N2O6/c1-30-18-5-7-19(8-6-18)34-16-23-21-15-25(33-4)24(32-3)13-17(21)10-12-28(23)26(29)22-14-20(31-2)9-11-27-22/h5-9,11,13-15,23H,10,12,16H2,1-4H3. The molecule has 1 aliphatic rings. The van der Waals surface area contributed by atoms with Crippen LogP contribution in [0.4, 0.5) is 0 Å². The molecule has 0 radical (unpaired) electrons. The molecule has 1 aromatic heterocycles. The van der Waals surface area contributed by atoms with Crippen LogP contribution in [0, 0.1) is 0 Å². The number of hydrogen-bond donors (Lipinski definition) is 0. The van der Waals surface area contributed by atoms with Gasteiger partial charge in [0.2, 0.25) is 0 Å². The molecule has 0 aliphatic carbocycles. The summed E-state index contributed by atoms with van der Waals surface area (Å²) >= 11 is 0. The summed E-state index contributed by atoms with van der Waals surface area (Å²) in [5.41, 5.74) is 2.36. The smallest absolute Gasteiger partial charge is 0.273 e. The highest BCUT2D eigenvalue weighted by atomic mass is 16.5. The number of aromatic nitrogens is 1. The van der Waals surface area contributed by atoms with E-state index >= 15 is 0 Å². The summed E-state index contributed by atoms with van der Waals surface area (Å²) in [5.74, 6) is 3.07. The zero-order valence-corrected chi connectivity index (χ0v) is 19.7. The van der Waals surface area contributed by atoms with Crippen molar-refractivity contribution in [1.82, 2.24) is 9.88 Å². The second-order valence-electron chi connectivity index (χ2n) is 7.74. The fourth-order valence-corrected chi connectivity index (χ4v) is 4.10. The number of amides is 1. The molecule has 0 fully saturated rings. The lowest BCUT2D eigenvalue weighted by molar-refractivity contribution is 0.0583. The number of ether oxygens (including phenoxy) is 5. The van der Waals surface area contributed by atoms with Crippen molar-refractivity contribution in [3.63, 3.8) is 0 Å². The van der Waals surface area contributed by atoms with E-state index in [1.165, 1.54) is 0 Å². The van der Waals surface area contributed by atoms with Gasteiger partial charge >= 0.3 is 0 Å². The van der Waals surface area contributed by atoms with Crippen molar-refractivity contribution in [2.24, 2.45) is 0 Å². The number of pyridine rings is 1. The average Bonchev–Trinajstić information content (AvgIpc) is 2.90. The van der Waals surface area contributed by atoms with Gasteiger partial charge in [-0.25, -0.2) is 0 Å². The van der Waals surface area contributed by atoms with Crippen LogP contribution >= 0.6 is 0 Å². The maximum Gasteiger partial charge on any atom is 0.273 e. The Morgan fingerprint density at radius 1 is 0.882 bits per heavy atom. The number of rotatable bonds is 8. The number of nitrogens with zero attached hydrogens (tertiary/aromatic N) is 2. The van der Waals surface area contributed by atoms with Gasteiger partial charge in [0, 0.05) is 18.8 Å². The molecule has 3 aromatic rings. The summed E-state index contributed by atoms with van der Waals surface area (Å²) in [4.78, 5) is 19.6. The summed E-state index contributed by atoms with van der Waals surface area (Å²) in [6.45, 7) is 0.765. The SMILES string of the molecule is COc1ccc(OCC2c3cc(OC)c(OC)cc3CCN2C(=O)c2cc(OC)ccn2)cc1. The molecule has 0 bridgehead atoms. The highest BCUT2D eigenvalue weighted by Gasteiger charge is 2.34. The summed E-state index contributed by atoms with van der Waals surface area (Å²) < 4.78 is 27.7. The lowest BCUT2D eigenvalue weighted by atomic mass is 9.91. The zero-order chi connectivity index (χ0) is 24.1. The fourth-order valence-electron chi connectivity index (χ4n) is 4.10. The molecule has 2 heterocycles. The van der Waals surface area contributed by atoms with Crippen LogP contribution in [0.15, 0.2) is 54.7 Å². The van der Waals surface area contributed by atoms with Crippen LogP contribution in [0.25, 0.3) is 0 Å². The van der Waals surface area contributed by atoms with E-state index in [0.717, 1.165) is 16.9 Å². The summed E-state index contributed by atoms with van der Waals surface area (Å²) in [5, 5.41) is 0. The molecule has 0 spiro atoms. The first-order valence-corrected chi connectivity index (χ1v) is 10.9. The van der Waals surface area contributed by atoms with E-state index in [4.69, 9.17) is 23.7 Å².